The number of piperazine rings is 1. The Labute approximate surface area is 177 Å². The van der Waals surface area contributed by atoms with Crippen molar-refractivity contribution < 1.29 is 9.59 Å². The molecule has 8 heteroatoms. The number of likely N-dealkylation sites (N-methyl/N-ethyl adjacent to an activating group) is 2. The van der Waals surface area contributed by atoms with E-state index < -0.39 is 0 Å². The van der Waals surface area contributed by atoms with Crippen molar-refractivity contribution in [1.82, 2.24) is 9.80 Å². The summed E-state index contributed by atoms with van der Waals surface area (Å²) in [5.74, 6) is -0.299. The van der Waals surface area contributed by atoms with Crippen molar-refractivity contribution in [1.29, 1.82) is 0 Å². The summed E-state index contributed by atoms with van der Waals surface area (Å²) in [6, 6.07) is 14.1. The van der Waals surface area contributed by atoms with E-state index in [0.29, 0.717) is 17.1 Å². The summed E-state index contributed by atoms with van der Waals surface area (Å²) in [6.07, 6.45) is 0. The largest absolute Gasteiger partial charge is 0.399 e. The summed E-state index contributed by atoms with van der Waals surface area (Å²) in [7, 11) is 3.77. The second kappa shape index (κ2) is 9.60. The Morgan fingerprint density at radius 3 is 1.87 bits per heavy atom. The molecular formula is C22H30N6O2. The zero-order chi connectivity index (χ0) is 21.7. The monoisotopic (exact) mass is 410 g/mol. The van der Waals surface area contributed by atoms with Gasteiger partial charge in [0.25, 0.3) is 0 Å². The number of anilines is 4. The molecule has 3 rings (SSSR count). The van der Waals surface area contributed by atoms with E-state index in [1.807, 2.05) is 0 Å². The predicted molar refractivity (Wildman–Crippen MR) is 121 cm³/mol. The average Bonchev–Trinajstić information content (AvgIpc) is 2.74. The molecule has 160 valence electrons. The van der Waals surface area contributed by atoms with Crippen LogP contribution in [0.5, 0.6) is 0 Å². The van der Waals surface area contributed by atoms with E-state index in [2.05, 4.69) is 16.8 Å². The standard InChI is InChI=1S/C22H30N6O2/c1-25-11-13-27(14-12-25)15-22(30)28(20-9-5-18(24)6-10-20)16-21(29)26(2)19-7-3-17(23)4-8-19/h3-10H,11-16,23-24H2,1-2H3. The van der Waals surface area contributed by atoms with E-state index in [0.717, 1.165) is 31.9 Å². The lowest BCUT2D eigenvalue weighted by molar-refractivity contribution is -0.123. The molecule has 2 aromatic rings. The van der Waals surface area contributed by atoms with Gasteiger partial charge in [0.2, 0.25) is 11.8 Å². The van der Waals surface area contributed by atoms with Crippen LogP contribution in [0.4, 0.5) is 22.7 Å². The molecule has 4 N–H and O–H groups in total. The number of hydrogen-bond acceptors (Lipinski definition) is 6. The zero-order valence-electron chi connectivity index (χ0n) is 17.6. The van der Waals surface area contributed by atoms with Crippen LogP contribution in [-0.2, 0) is 9.59 Å². The summed E-state index contributed by atoms with van der Waals surface area (Å²) >= 11 is 0. The first-order valence-electron chi connectivity index (χ1n) is 10.0. The molecule has 1 aliphatic rings. The first-order chi connectivity index (χ1) is 14.3. The molecule has 1 saturated heterocycles. The number of nitrogens with two attached hydrogens (primary N) is 2. The van der Waals surface area contributed by atoms with E-state index in [4.69, 9.17) is 11.5 Å². The molecule has 1 heterocycles. The van der Waals surface area contributed by atoms with Crippen molar-refractivity contribution in [2.24, 2.45) is 0 Å². The normalized spacial score (nSPS) is 15.0. The molecule has 2 amide bonds. The van der Waals surface area contributed by atoms with Crippen molar-refractivity contribution >= 4 is 34.6 Å². The highest BCUT2D eigenvalue weighted by atomic mass is 16.2. The van der Waals surface area contributed by atoms with Crippen molar-refractivity contribution in [2.75, 3.05) is 74.6 Å². The zero-order valence-corrected chi connectivity index (χ0v) is 17.6. The van der Waals surface area contributed by atoms with Gasteiger partial charge in [-0.25, -0.2) is 0 Å². The summed E-state index contributed by atoms with van der Waals surface area (Å²) in [5, 5.41) is 0. The Morgan fingerprint density at radius 1 is 0.833 bits per heavy atom. The van der Waals surface area contributed by atoms with Crippen LogP contribution >= 0.6 is 0 Å². The molecular weight excluding hydrogens is 380 g/mol. The van der Waals surface area contributed by atoms with E-state index >= 15 is 0 Å². The van der Waals surface area contributed by atoms with Gasteiger partial charge < -0.3 is 26.2 Å². The fourth-order valence-electron chi connectivity index (χ4n) is 3.34. The lowest BCUT2D eigenvalue weighted by Gasteiger charge is -2.33. The molecule has 0 aromatic heterocycles. The topological polar surface area (TPSA) is 99.1 Å². The van der Waals surface area contributed by atoms with Gasteiger partial charge in [-0.15, -0.1) is 0 Å². The van der Waals surface area contributed by atoms with Gasteiger partial charge >= 0.3 is 0 Å². The number of nitrogen functional groups attached to an aromatic ring is 2. The summed E-state index contributed by atoms with van der Waals surface area (Å²) in [4.78, 5) is 33.6. The number of rotatable bonds is 6. The number of hydrogen-bond donors (Lipinski definition) is 2. The maximum absolute atomic E-state index is 13.2. The minimum atomic E-state index is -0.191. The minimum absolute atomic E-state index is 0.0582. The summed E-state index contributed by atoms with van der Waals surface area (Å²) in [6.45, 7) is 3.73. The molecule has 0 atom stereocenters. The average molecular weight is 411 g/mol. The van der Waals surface area contributed by atoms with Crippen molar-refractivity contribution in [3.8, 4) is 0 Å². The van der Waals surface area contributed by atoms with Gasteiger partial charge in [-0.3, -0.25) is 14.5 Å². The number of carbonyl (C=O) groups is 2. The lowest BCUT2D eigenvalue weighted by atomic mass is 10.2. The molecule has 1 aliphatic heterocycles. The van der Waals surface area contributed by atoms with Crippen LogP contribution < -0.4 is 21.3 Å². The third-order valence-electron chi connectivity index (χ3n) is 5.41. The molecule has 2 aromatic carbocycles. The van der Waals surface area contributed by atoms with Crippen LogP contribution in [0.1, 0.15) is 0 Å². The van der Waals surface area contributed by atoms with Crippen molar-refractivity contribution in [2.45, 2.75) is 0 Å². The van der Waals surface area contributed by atoms with Crippen LogP contribution in [0.2, 0.25) is 0 Å². The highest BCUT2D eigenvalue weighted by Crippen LogP contribution is 2.19. The van der Waals surface area contributed by atoms with Gasteiger partial charge in [0.15, 0.2) is 0 Å². The molecule has 0 spiro atoms. The highest BCUT2D eigenvalue weighted by Gasteiger charge is 2.25. The van der Waals surface area contributed by atoms with Gasteiger partial charge in [0.1, 0.15) is 6.54 Å². The second-order valence-corrected chi connectivity index (χ2v) is 7.70. The minimum Gasteiger partial charge on any atom is -0.399 e. The predicted octanol–water partition coefficient (Wildman–Crippen LogP) is 1.09. The van der Waals surface area contributed by atoms with E-state index in [9.17, 15) is 9.59 Å². The molecule has 0 aliphatic carbocycles. The third-order valence-corrected chi connectivity index (χ3v) is 5.41. The highest BCUT2D eigenvalue weighted by molar-refractivity contribution is 6.04. The van der Waals surface area contributed by atoms with Gasteiger partial charge in [0, 0.05) is 56.0 Å². The number of nitrogens with zero attached hydrogens (tertiary/aromatic N) is 4. The van der Waals surface area contributed by atoms with Gasteiger partial charge in [0.05, 0.1) is 6.54 Å². The maximum atomic E-state index is 13.2. The number of amides is 2. The van der Waals surface area contributed by atoms with E-state index in [1.165, 1.54) is 9.80 Å². The van der Waals surface area contributed by atoms with Crippen LogP contribution in [0, 0.1) is 0 Å². The first kappa shape index (κ1) is 21.6. The summed E-state index contributed by atoms with van der Waals surface area (Å²) in [5.41, 5.74) is 14.1. The van der Waals surface area contributed by atoms with Crippen LogP contribution in [0.25, 0.3) is 0 Å². The Morgan fingerprint density at radius 2 is 1.33 bits per heavy atom. The van der Waals surface area contributed by atoms with Crippen molar-refractivity contribution in [3.05, 3.63) is 48.5 Å². The molecule has 0 saturated carbocycles. The van der Waals surface area contributed by atoms with Gasteiger partial charge in [-0.2, -0.15) is 0 Å². The Bertz CT molecular complexity index is 860. The van der Waals surface area contributed by atoms with Crippen LogP contribution in [0.3, 0.4) is 0 Å². The van der Waals surface area contributed by atoms with E-state index in [1.54, 1.807) is 55.6 Å². The maximum Gasteiger partial charge on any atom is 0.246 e. The van der Waals surface area contributed by atoms with Crippen LogP contribution in [0.15, 0.2) is 48.5 Å². The molecule has 0 unspecified atom stereocenters. The lowest BCUT2D eigenvalue weighted by Crippen LogP contribution is -2.50. The third kappa shape index (κ3) is 5.49. The number of carbonyl (C=O) groups excluding carboxylic acids is 2. The quantitative estimate of drug-likeness (QED) is 0.692. The van der Waals surface area contributed by atoms with E-state index in [-0.39, 0.29) is 24.9 Å². The fourth-order valence-corrected chi connectivity index (χ4v) is 3.34. The molecule has 8 nitrogen and oxygen atoms in total. The van der Waals surface area contributed by atoms with Crippen molar-refractivity contribution in [3.63, 3.8) is 0 Å². The SMILES string of the molecule is CN1CCN(CC(=O)N(CC(=O)N(C)c2ccc(N)cc2)c2ccc(N)cc2)CC1. The smallest absolute Gasteiger partial charge is 0.246 e. The van der Waals surface area contributed by atoms with Crippen LogP contribution in [-0.4, -0.2) is 75.0 Å². The van der Waals surface area contributed by atoms with Gasteiger partial charge in [-0.05, 0) is 55.6 Å². The molecule has 0 radical (unpaired) electrons. The Hall–Kier alpha value is -3.10. The fraction of sp³-hybridized carbons (Fsp3) is 0.364. The Kier molecular flexibility index (Phi) is 6.91. The second-order valence-electron chi connectivity index (χ2n) is 7.70. The molecule has 1 fully saturated rings. The number of benzene rings is 2. The first-order valence-corrected chi connectivity index (χ1v) is 10.0. The van der Waals surface area contributed by atoms with Gasteiger partial charge in [-0.1, -0.05) is 0 Å². The molecule has 0 bridgehead atoms. The molecule has 30 heavy (non-hydrogen) atoms. The summed E-state index contributed by atoms with van der Waals surface area (Å²) < 4.78 is 0. The Balaban J connectivity index is 1.75.